The van der Waals surface area contributed by atoms with Gasteiger partial charge in [-0.05, 0) is 20.8 Å². The summed E-state index contributed by atoms with van der Waals surface area (Å²) in [4.78, 5) is 23.7. The zero-order valence-electron chi connectivity index (χ0n) is 11.3. The Hall–Kier alpha value is -2.18. The molecule has 0 radical (unpaired) electrons. The van der Waals surface area contributed by atoms with Gasteiger partial charge in [0.05, 0.1) is 12.5 Å². The van der Waals surface area contributed by atoms with Crippen LogP contribution in [0.15, 0.2) is 18.9 Å². The van der Waals surface area contributed by atoms with Gasteiger partial charge in [0.15, 0.2) is 5.65 Å². The molecule has 0 aliphatic heterocycles. The average molecular weight is 263 g/mol. The van der Waals surface area contributed by atoms with Crippen LogP contribution in [0.5, 0.6) is 0 Å². The number of carbonyl (C=O) groups excluding carboxylic acids is 1. The fourth-order valence-corrected chi connectivity index (χ4v) is 1.57. The maximum Gasteiger partial charge on any atom is 0.407 e. The molecule has 2 aromatic heterocycles. The molecule has 0 saturated heterocycles. The number of alkyl carbamates (subject to hydrolysis) is 1. The summed E-state index contributed by atoms with van der Waals surface area (Å²) in [5, 5.41) is 2.69. The van der Waals surface area contributed by atoms with E-state index in [9.17, 15) is 4.79 Å². The first kappa shape index (κ1) is 13.3. The predicted octanol–water partition coefficient (Wildman–Crippen LogP) is 1.35. The molecule has 0 spiro atoms. The largest absolute Gasteiger partial charge is 0.444 e. The second-order valence-electron chi connectivity index (χ2n) is 5.10. The third-order valence-corrected chi connectivity index (χ3v) is 2.30. The molecular weight excluding hydrogens is 246 g/mol. The molecule has 0 bridgehead atoms. The Morgan fingerprint density at radius 3 is 2.95 bits per heavy atom. The Morgan fingerprint density at radius 1 is 1.42 bits per heavy atom. The van der Waals surface area contributed by atoms with E-state index in [0.29, 0.717) is 13.1 Å². The summed E-state index contributed by atoms with van der Waals surface area (Å²) in [6.45, 7) is 6.50. The highest BCUT2D eigenvalue weighted by Crippen LogP contribution is 2.07. The van der Waals surface area contributed by atoms with Crippen molar-refractivity contribution in [2.45, 2.75) is 32.9 Å². The molecule has 0 saturated carbocycles. The molecule has 1 amide bonds. The minimum atomic E-state index is -0.487. The van der Waals surface area contributed by atoms with Crippen molar-refractivity contribution < 1.29 is 9.53 Å². The highest BCUT2D eigenvalue weighted by Gasteiger charge is 2.15. The SMILES string of the molecule is CC(C)(C)OC(=O)NCCn1cnc2cncnc21. The fraction of sp³-hybridized carbons (Fsp3) is 0.500. The van der Waals surface area contributed by atoms with Crippen molar-refractivity contribution in [2.24, 2.45) is 0 Å². The van der Waals surface area contributed by atoms with Crippen molar-refractivity contribution >= 4 is 17.3 Å². The monoisotopic (exact) mass is 263 g/mol. The van der Waals surface area contributed by atoms with Gasteiger partial charge in [-0.15, -0.1) is 0 Å². The number of fused-ring (bicyclic) bond motifs is 1. The molecule has 0 aliphatic carbocycles. The normalized spacial score (nSPS) is 11.5. The Kier molecular flexibility index (Phi) is 3.64. The Labute approximate surface area is 111 Å². The number of rotatable bonds is 3. The number of hydrogen-bond donors (Lipinski definition) is 1. The summed E-state index contributed by atoms with van der Waals surface area (Å²) in [6.07, 6.45) is 4.38. The van der Waals surface area contributed by atoms with Gasteiger partial charge >= 0.3 is 6.09 Å². The molecule has 7 nitrogen and oxygen atoms in total. The van der Waals surface area contributed by atoms with Crippen molar-refractivity contribution in [3.63, 3.8) is 0 Å². The lowest BCUT2D eigenvalue weighted by atomic mass is 10.2. The minimum absolute atomic E-state index is 0.424. The van der Waals surface area contributed by atoms with E-state index in [4.69, 9.17) is 4.74 Å². The lowest BCUT2D eigenvalue weighted by Gasteiger charge is -2.19. The Morgan fingerprint density at radius 2 is 2.21 bits per heavy atom. The molecule has 2 heterocycles. The molecule has 102 valence electrons. The number of hydrogen-bond acceptors (Lipinski definition) is 5. The second-order valence-corrected chi connectivity index (χ2v) is 5.10. The quantitative estimate of drug-likeness (QED) is 0.904. The van der Waals surface area contributed by atoms with Gasteiger partial charge in [-0.3, -0.25) is 0 Å². The summed E-state index contributed by atoms with van der Waals surface area (Å²) < 4.78 is 7.00. The van der Waals surface area contributed by atoms with Gasteiger partial charge in [0.2, 0.25) is 0 Å². The summed E-state index contributed by atoms with van der Waals surface area (Å²) in [5.74, 6) is 0. The van der Waals surface area contributed by atoms with E-state index >= 15 is 0 Å². The van der Waals surface area contributed by atoms with E-state index in [0.717, 1.165) is 11.2 Å². The van der Waals surface area contributed by atoms with Gasteiger partial charge in [-0.2, -0.15) is 0 Å². The van der Waals surface area contributed by atoms with Crippen molar-refractivity contribution in [1.82, 2.24) is 24.8 Å². The van der Waals surface area contributed by atoms with E-state index in [1.807, 2.05) is 25.3 Å². The molecule has 0 fully saturated rings. The van der Waals surface area contributed by atoms with E-state index in [2.05, 4.69) is 20.3 Å². The van der Waals surface area contributed by atoms with Crippen LogP contribution in [0.2, 0.25) is 0 Å². The van der Waals surface area contributed by atoms with Crippen LogP contribution in [-0.2, 0) is 11.3 Å². The first-order valence-corrected chi connectivity index (χ1v) is 6.03. The zero-order valence-corrected chi connectivity index (χ0v) is 11.3. The van der Waals surface area contributed by atoms with Crippen LogP contribution < -0.4 is 5.32 Å². The van der Waals surface area contributed by atoms with Crippen molar-refractivity contribution in [3.8, 4) is 0 Å². The lowest BCUT2D eigenvalue weighted by molar-refractivity contribution is 0.0526. The Bertz CT molecular complexity index is 573. The molecular formula is C12H17N5O2. The van der Waals surface area contributed by atoms with Crippen LogP contribution in [0.4, 0.5) is 4.79 Å². The van der Waals surface area contributed by atoms with Crippen LogP contribution in [0.1, 0.15) is 20.8 Å². The van der Waals surface area contributed by atoms with Gasteiger partial charge < -0.3 is 14.6 Å². The van der Waals surface area contributed by atoms with Crippen molar-refractivity contribution in [1.29, 1.82) is 0 Å². The van der Waals surface area contributed by atoms with Crippen LogP contribution in [0.3, 0.4) is 0 Å². The standard InChI is InChI=1S/C12H17N5O2/c1-12(2,3)19-11(18)14-4-5-17-8-16-9-6-13-7-15-10(9)17/h6-8H,4-5H2,1-3H3,(H,14,18). The third kappa shape index (κ3) is 3.64. The molecule has 2 aromatic rings. The van der Waals surface area contributed by atoms with E-state index in [1.165, 1.54) is 6.33 Å². The van der Waals surface area contributed by atoms with E-state index in [1.54, 1.807) is 12.5 Å². The average Bonchev–Trinajstić information content (AvgIpc) is 2.70. The molecule has 0 aromatic carbocycles. The van der Waals surface area contributed by atoms with Crippen LogP contribution in [0, 0.1) is 0 Å². The lowest BCUT2D eigenvalue weighted by Crippen LogP contribution is -2.34. The van der Waals surface area contributed by atoms with Crippen molar-refractivity contribution in [3.05, 3.63) is 18.9 Å². The summed E-state index contributed by atoms with van der Waals surface area (Å²) >= 11 is 0. The van der Waals surface area contributed by atoms with Crippen LogP contribution >= 0.6 is 0 Å². The maximum absolute atomic E-state index is 11.5. The number of aromatic nitrogens is 4. The van der Waals surface area contributed by atoms with Gasteiger partial charge in [0, 0.05) is 13.1 Å². The van der Waals surface area contributed by atoms with Crippen LogP contribution in [0.25, 0.3) is 11.2 Å². The number of carbonyl (C=O) groups is 1. The number of amides is 1. The molecule has 0 unspecified atom stereocenters. The first-order chi connectivity index (χ1) is 8.96. The topological polar surface area (TPSA) is 81.9 Å². The molecule has 0 atom stereocenters. The first-order valence-electron chi connectivity index (χ1n) is 6.03. The molecule has 7 heteroatoms. The highest BCUT2D eigenvalue weighted by molar-refractivity contribution is 5.69. The van der Waals surface area contributed by atoms with Crippen LogP contribution in [-0.4, -0.2) is 37.8 Å². The maximum atomic E-state index is 11.5. The predicted molar refractivity (Wildman–Crippen MR) is 69.6 cm³/mol. The number of imidazole rings is 1. The second kappa shape index (κ2) is 5.21. The molecule has 19 heavy (non-hydrogen) atoms. The van der Waals surface area contributed by atoms with E-state index in [-0.39, 0.29) is 0 Å². The number of nitrogens with zero attached hydrogens (tertiary/aromatic N) is 4. The zero-order chi connectivity index (χ0) is 13.9. The smallest absolute Gasteiger partial charge is 0.407 e. The summed E-state index contributed by atoms with van der Waals surface area (Å²) in [7, 11) is 0. The Balaban J connectivity index is 1.88. The minimum Gasteiger partial charge on any atom is -0.444 e. The third-order valence-electron chi connectivity index (χ3n) is 2.30. The van der Waals surface area contributed by atoms with Gasteiger partial charge in [0.25, 0.3) is 0 Å². The van der Waals surface area contributed by atoms with Gasteiger partial charge in [-0.1, -0.05) is 0 Å². The molecule has 2 rings (SSSR count). The highest BCUT2D eigenvalue weighted by atomic mass is 16.6. The summed E-state index contributed by atoms with van der Waals surface area (Å²) in [5.41, 5.74) is 1.000. The fourth-order valence-electron chi connectivity index (χ4n) is 1.57. The van der Waals surface area contributed by atoms with E-state index < -0.39 is 11.7 Å². The van der Waals surface area contributed by atoms with Gasteiger partial charge in [0.1, 0.15) is 17.4 Å². The van der Waals surface area contributed by atoms with Gasteiger partial charge in [-0.25, -0.2) is 19.7 Å². The molecule has 1 N–H and O–H groups in total. The number of ether oxygens (including phenoxy) is 1. The number of nitrogens with one attached hydrogen (secondary N) is 1. The summed E-state index contributed by atoms with van der Waals surface area (Å²) in [6, 6.07) is 0. The van der Waals surface area contributed by atoms with Crippen molar-refractivity contribution in [2.75, 3.05) is 6.54 Å². The molecule has 0 aliphatic rings.